The molecule has 0 radical (unpaired) electrons. The van der Waals surface area contributed by atoms with E-state index in [2.05, 4.69) is 81.5 Å². The predicted molar refractivity (Wildman–Crippen MR) is 242 cm³/mol. The topological polar surface area (TPSA) is 78.9 Å². The van der Waals surface area contributed by atoms with E-state index in [-0.39, 0.29) is 44.4 Å². The van der Waals surface area contributed by atoms with E-state index in [0.717, 1.165) is 89.9 Å². The quantitative estimate of drug-likeness (QED) is 0.0209. The van der Waals surface area contributed by atoms with Crippen LogP contribution >= 0.6 is 0 Å². The zero-order chi connectivity index (χ0) is 41.5. The van der Waals surface area contributed by atoms with Gasteiger partial charge in [-0.2, -0.15) is 0 Å². The van der Waals surface area contributed by atoms with Crippen LogP contribution in [-0.2, 0) is 28.6 Å². The van der Waals surface area contributed by atoms with Gasteiger partial charge >= 0.3 is 17.9 Å². The van der Waals surface area contributed by atoms with Crippen molar-refractivity contribution in [1.29, 1.82) is 0 Å². The highest BCUT2D eigenvalue weighted by molar-refractivity contribution is 5.72. The van der Waals surface area contributed by atoms with Gasteiger partial charge < -0.3 is 14.2 Å². The van der Waals surface area contributed by atoms with Crippen molar-refractivity contribution in [3.8, 4) is 0 Å². The molecule has 0 aliphatic rings. The molecule has 57 heavy (non-hydrogen) atoms. The Morgan fingerprint density at radius 3 is 1.30 bits per heavy atom. The predicted octanol–water partition coefficient (Wildman–Crippen LogP) is 13.7. The lowest BCUT2D eigenvalue weighted by Gasteiger charge is -2.18. The van der Waals surface area contributed by atoms with Gasteiger partial charge in [-0.3, -0.25) is 14.4 Å². The molecule has 0 saturated carbocycles. The van der Waals surface area contributed by atoms with Gasteiger partial charge in [0.15, 0.2) is 6.10 Å². The second-order valence-electron chi connectivity index (χ2n) is 13.3. The summed E-state index contributed by atoms with van der Waals surface area (Å²) in [6.45, 7) is 6.03. The third-order valence-electron chi connectivity index (χ3n) is 8.08. The smallest absolute Gasteiger partial charge is 0.309 e. The van der Waals surface area contributed by atoms with Crippen LogP contribution in [0, 0.1) is 0 Å². The minimum absolute atomic E-state index is 0.114. The monoisotopic (exact) mass is 783 g/mol. The summed E-state index contributed by atoms with van der Waals surface area (Å²) in [5.74, 6) is -1.15. The van der Waals surface area contributed by atoms with Crippen molar-refractivity contribution in [3.05, 3.63) is 146 Å². The van der Waals surface area contributed by atoms with Crippen LogP contribution in [0.15, 0.2) is 146 Å². The first-order valence-electron chi connectivity index (χ1n) is 21.5. The number of carbonyl (C=O) groups is 3. The maximum atomic E-state index is 12.7. The lowest BCUT2D eigenvalue weighted by molar-refractivity contribution is -0.166. The van der Waals surface area contributed by atoms with Crippen molar-refractivity contribution in [2.24, 2.45) is 0 Å². The van der Waals surface area contributed by atoms with E-state index in [1.165, 1.54) is 0 Å². The van der Waals surface area contributed by atoms with Gasteiger partial charge in [-0.25, -0.2) is 0 Å². The van der Waals surface area contributed by atoms with Crippen LogP contribution in [0.1, 0.15) is 136 Å². The Hall–Kier alpha value is -4.71. The van der Waals surface area contributed by atoms with Crippen molar-refractivity contribution in [2.45, 2.75) is 142 Å². The minimum Gasteiger partial charge on any atom is -0.462 e. The fourth-order valence-corrected chi connectivity index (χ4v) is 4.94. The number of esters is 3. The molecule has 0 aromatic heterocycles. The highest BCUT2D eigenvalue weighted by Crippen LogP contribution is 2.11. The Kier molecular flexibility index (Phi) is 40.4. The van der Waals surface area contributed by atoms with Crippen LogP contribution in [0.4, 0.5) is 0 Å². The molecule has 6 heteroatoms. The lowest BCUT2D eigenvalue weighted by Crippen LogP contribution is -2.30. The fourth-order valence-electron chi connectivity index (χ4n) is 4.94. The summed E-state index contributed by atoms with van der Waals surface area (Å²) in [5, 5.41) is 0. The molecule has 0 saturated heterocycles. The summed E-state index contributed by atoms with van der Waals surface area (Å²) >= 11 is 0. The molecule has 0 rings (SSSR count). The molecule has 0 bridgehead atoms. The fraction of sp³-hybridized carbons (Fsp3) is 0.471. The van der Waals surface area contributed by atoms with Crippen molar-refractivity contribution in [2.75, 3.05) is 13.2 Å². The highest BCUT2D eigenvalue weighted by atomic mass is 16.6. The van der Waals surface area contributed by atoms with E-state index in [9.17, 15) is 14.4 Å². The van der Waals surface area contributed by atoms with Crippen molar-refractivity contribution >= 4 is 17.9 Å². The number of ether oxygens (including phenoxy) is 3. The third-order valence-corrected chi connectivity index (χ3v) is 8.08. The molecule has 0 aliphatic heterocycles. The molecule has 0 aromatic rings. The second kappa shape index (κ2) is 44.0. The average Bonchev–Trinajstić information content (AvgIpc) is 3.21. The van der Waals surface area contributed by atoms with Crippen LogP contribution in [0.2, 0.25) is 0 Å². The molecule has 1 unspecified atom stereocenters. The number of carbonyl (C=O) groups excluding carboxylic acids is 3. The van der Waals surface area contributed by atoms with Crippen LogP contribution in [0.5, 0.6) is 0 Å². The van der Waals surface area contributed by atoms with E-state index in [1.54, 1.807) is 6.08 Å². The number of hydrogen-bond acceptors (Lipinski definition) is 6. The molecule has 0 heterocycles. The number of unbranched alkanes of at least 4 members (excludes halogenated alkanes) is 8. The highest BCUT2D eigenvalue weighted by Gasteiger charge is 2.19. The molecule has 0 amide bonds. The zero-order valence-corrected chi connectivity index (χ0v) is 35.5. The van der Waals surface area contributed by atoms with E-state index >= 15 is 0 Å². The minimum atomic E-state index is -0.847. The Morgan fingerprint density at radius 1 is 0.386 bits per heavy atom. The summed E-state index contributed by atoms with van der Waals surface area (Å²) in [6.07, 6.45) is 62.9. The largest absolute Gasteiger partial charge is 0.462 e. The van der Waals surface area contributed by atoms with Crippen molar-refractivity contribution in [1.82, 2.24) is 0 Å². The van der Waals surface area contributed by atoms with Gasteiger partial charge in [0, 0.05) is 12.8 Å². The summed E-state index contributed by atoms with van der Waals surface area (Å²) in [4.78, 5) is 37.6. The van der Waals surface area contributed by atoms with Gasteiger partial charge in [-0.05, 0) is 70.6 Å². The van der Waals surface area contributed by atoms with E-state index in [0.29, 0.717) is 6.42 Å². The van der Waals surface area contributed by atoms with Crippen LogP contribution in [0.3, 0.4) is 0 Å². The average molecular weight is 783 g/mol. The van der Waals surface area contributed by atoms with Gasteiger partial charge in [-0.15, -0.1) is 0 Å². The first-order valence-corrected chi connectivity index (χ1v) is 21.5. The van der Waals surface area contributed by atoms with Crippen LogP contribution in [-0.4, -0.2) is 37.2 Å². The first-order chi connectivity index (χ1) is 28.0. The van der Waals surface area contributed by atoms with Gasteiger partial charge in [0.25, 0.3) is 0 Å². The van der Waals surface area contributed by atoms with E-state index in [1.807, 2.05) is 79.0 Å². The molecule has 0 aliphatic carbocycles. The normalized spacial score (nSPS) is 13.5. The van der Waals surface area contributed by atoms with E-state index in [4.69, 9.17) is 14.2 Å². The van der Waals surface area contributed by atoms with Crippen molar-refractivity contribution in [3.63, 3.8) is 0 Å². The second-order valence-corrected chi connectivity index (χ2v) is 13.3. The van der Waals surface area contributed by atoms with Gasteiger partial charge in [0.05, 0.1) is 6.42 Å². The van der Waals surface area contributed by atoms with Crippen LogP contribution in [0.25, 0.3) is 0 Å². The summed E-state index contributed by atoms with van der Waals surface area (Å²) in [5.41, 5.74) is 0. The number of allylic oxidation sites excluding steroid dienone is 23. The Labute approximate surface area is 347 Å². The zero-order valence-electron chi connectivity index (χ0n) is 35.5. The third kappa shape index (κ3) is 42.3. The number of rotatable bonds is 35. The maximum absolute atomic E-state index is 12.7. The molecule has 0 N–H and O–H groups in total. The SMILES string of the molecule is CC\C=C/C=C\C=C/C=C\C=C\C=C/CCCCCC(=O)OCC(COC(=O)C/C=C\C/C=C\C/C=C\CC)OC(=O)CCCCCCC\C=C/C=C\C=C/CC. The molecule has 314 valence electrons. The summed E-state index contributed by atoms with van der Waals surface area (Å²) in [6, 6.07) is 0. The standard InChI is InChI=1S/C51H74O6/c1-4-7-10-13-16-19-21-23-24-25-26-28-29-32-35-38-41-44-50(53)56-47-48(46-55-49(52)43-40-37-34-31-18-15-12-9-6-3)57-51(54)45-42-39-36-33-30-27-22-20-17-14-11-8-5-2/h7-14,16-26,28-29,31,37,40,48H,4-6,15,27,30,32-36,38-39,41-47H2,1-3H3/b10-7-,11-8-,12-9-,16-13-,17-14-,21-19-,22-20-,24-23-,26-25+,29-28-,31-18-,40-37-. The van der Waals surface area contributed by atoms with Gasteiger partial charge in [0.2, 0.25) is 0 Å². The Bertz CT molecular complexity index is 1360. The molecule has 6 nitrogen and oxygen atoms in total. The summed E-state index contributed by atoms with van der Waals surface area (Å²) in [7, 11) is 0. The molecular weight excluding hydrogens is 709 g/mol. The lowest BCUT2D eigenvalue weighted by atomic mass is 10.1. The van der Waals surface area contributed by atoms with Crippen molar-refractivity contribution < 1.29 is 28.6 Å². The molecule has 0 aromatic carbocycles. The Morgan fingerprint density at radius 2 is 0.772 bits per heavy atom. The molecule has 1 atom stereocenters. The molecular formula is C51H74O6. The van der Waals surface area contributed by atoms with Gasteiger partial charge in [-0.1, -0.05) is 192 Å². The summed E-state index contributed by atoms with van der Waals surface area (Å²) < 4.78 is 16.5. The maximum Gasteiger partial charge on any atom is 0.309 e. The Balaban J connectivity index is 4.60. The molecule has 0 spiro atoms. The van der Waals surface area contributed by atoms with E-state index < -0.39 is 12.1 Å². The van der Waals surface area contributed by atoms with Crippen LogP contribution < -0.4 is 0 Å². The van der Waals surface area contributed by atoms with Gasteiger partial charge in [0.1, 0.15) is 13.2 Å². The number of hydrogen-bond donors (Lipinski definition) is 0. The first kappa shape index (κ1) is 52.3. The molecule has 0 fully saturated rings.